The molecule has 1 heterocycles. The SMILES string of the molecule is CCCC1c2ccc(OC)cc2CCC12CCCCN2.Cl. The minimum Gasteiger partial charge on any atom is -0.497 e. The summed E-state index contributed by atoms with van der Waals surface area (Å²) in [5, 5.41) is 3.91. The van der Waals surface area contributed by atoms with Crippen LogP contribution >= 0.6 is 12.4 Å². The van der Waals surface area contributed by atoms with Crippen LogP contribution in [0.25, 0.3) is 0 Å². The molecule has 2 nitrogen and oxygen atoms in total. The van der Waals surface area contributed by atoms with Crippen LogP contribution < -0.4 is 10.1 Å². The molecular weight excluding hydrogens is 282 g/mol. The summed E-state index contributed by atoms with van der Waals surface area (Å²) in [5.41, 5.74) is 3.46. The summed E-state index contributed by atoms with van der Waals surface area (Å²) in [6.45, 7) is 3.51. The third-order valence-electron chi connectivity index (χ3n) is 5.34. The number of fused-ring (bicyclic) bond motifs is 1. The molecule has 0 saturated carbocycles. The Bertz CT molecular complexity index is 468. The summed E-state index contributed by atoms with van der Waals surface area (Å²) in [7, 11) is 1.76. The molecule has 1 aromatic carbocycles. The maximum absolute atomic E-state index is 5.40. The highest BCUT2D eigenvalue weighted by atomic mass is 35.5. The van der Waals surface area contributed by atoms with Crippen LogP contribution in [0.15, 0.2) is 18.2 Å². The van der Waals surface area contributed by atoms with E-state index in [1.807, 2.05) is 0 Å². The summed E-state index contributed by atoms with van der Waals surface area (Å²) < 4.78 is 5.40. The van der Waals surface area contributed by atoms with Crippen molar-refractivity contribution in [3.63, 3.8) is 0 Å². The molecule has 1 spiro atoms. The molecule has 0 bridgehead atoms. The van der Waals surface area contributed by atoms with Gasteiger partial charge < -0.3 is 10.1 Å². The molecule has 0 amide bonds. The molecule has 0 radical (unpaired) electrons. The van der Waals surface area contributed by atoms with E-state index in [1.54, 1.807) is 12.7 Å². The van der Waals surface area contributed by atoms with Crippen molar-refractivity contribution in [3.05, 3.63) is 29.3 Å². The lowest BCUT2D eigenvalue weighted by Crippen LogP contribution is -2.54. The van der Waals surface area contributed by atoms with Crippen LogP contribution in [0.4, 0.5) is 0 Å². The Hall–Kier alpha value is -0.730. The number of benzene rings is 1. The lowest BCUT2D eigenvalue weighted by atomic mass is 9.65. The minimum atomic E-state index is 0. The minimum absolute atomic E-state index is 0. The van der Waals surface area contributed by atoms with Gasteiger partial charge in [-0.05, 0) is 61.9 Å². The van der Waals surface area contributed by atoms with Gasteiger partial charge in [-0.25, -0.2) is 0 Å². The van der Waals surface area contributed by atoms with Crippen LogP contribution in [-0.2, 0) is 6.42 Å². The lowest BCUT2D eigenvalue weighted by Gasteiger charge is -2.48. The van der Waals surface area contributed by atoms with Gasteiger partial charge in [-0.1, -0.05) is 25.8 Å². The van der Waals surface area contributed by atoms with Crippen LogP contribution in [0.2, 0.25) is 0 Å². The van der Waals surface area contributed by atoms with Crippen molar-refractivity contribution in [2.24, 2.45) is 0 Å². The number of rotatable bonds is 3. The van der Waals surface area contributed by atoms with Gasteiger partial charge in [0.15, 0.2) is 0 Å². The van der Waals surface area contributed by atoms with Crippen molar-refractivity contribution < 1.29 is 4.74 Å². The van der Waals surface area contributed by atoms with Gasteiger partial charge in [0, 0.05) is 11.5 Å². The van der Waals surface area contributed by atoms with Crippen LogP contribution in [0.1, 0.15) is 62.5 Å². The fourth-order valence-corrected chi connectivity index (χ4v) is 4.32. The van der Waals surface area contributed by atoms with Crippen molar-refractivity contribution in [1.29, 1.82) is 0 Å². The van der Waals surface area contributed by atoms with E-state index in [1.165, 1.54) is 57.1 Å². The number of nitrogens with one attached hydrogen (secondary N) is 1. The third kappa shape index (κ3) is 3.07. The first-order chi connectivity index (χ1) is 9.79. The average Bonchev–Trinajstić information content (AvgIpc) is 2.51. The number of halogens is 1. The molecule has 1 aliphatic heterocycles. The molecule has 1 aliphatic carbocycles. The van der Waals surface area contributed by atoms with E-state index in [4.69, 9.17) is 4.74 Å². The molecule has 1 fully saturated rings. The molecule has 1 saturated heterocycles. The maximum atomic E-state index is 5.40. The molecule has 2 atom stereocenters. The van der Waals surface area contributed by atoms with Crippen LogP contribution in [-0.4, -0.2) is 19.2 Å². The Balaban J connectivity index is 0.00000161. The van der Waals surface area contributed by atoms with Gasteiger partial charge in [0.2, 0.25) is 0 Å². The summed E-state index contributed by atoms with van der Waals surface area (Å²) in [6, 6.07) is 6.72. The normalized spacial score (nSPS) is 27.8. The van der Waals surface area contributed by atoms with E-state index in [0.717, 1.165) is 5.75 Å². The summed E-state index contributed by atoms with van der Waals surface area (Å²) in [6.07, 6.45) is 9.13. The van der Waals surface area contributed by atoms with Crippen LogP contribution in [0.3, 0.4) is 0 Å². The van der Waals surface area contributed by atoms with Gasteiger partial charge in [0.05, 0.1) is 7.11 Å². The van der Waals surface area contributed by atoms with E-state index in [-0.39, 0.29) is 12.4 Å². The zero-order valence-electron chi connectivity index (χ0n) is 13.3. The Morgan fingerprint density at radius 2 is 2.14 bits per heavy atom. The fourth-order valence-electron chi connectivity index (χ4n) is 4.32. The highest BCUT2D eigenvalue weighted by Crippen LogP contribution is 2.46. The molecule has 3 rings (SSSR count). The first-order valence-corrected chi connectivity index (χ1v) is 8.21. The van der Waals surface area contributed by atoms with E-state index >= 15 is 0 Å². The third-order valence-corrected chi connectivity index (χ3v) is 5.34. The number of hydrogen-bond acceptors (Lipinski definition) is 2. The number of hydrogen-bond donors (Lipinski definition) is 1. The second-order valence-electron chi connectivity index (χ2n) is 6.45. The molecule has 2 aliphatic rings. The number of aryl methyl sites for hydroxylation is 1. The molecule has 1 N–H and O–H groups in total. The quantitative estimate of drug-likeness (QED) is 0.890. The van der Waals surface area contributed by atoms with Crippen molar-refractivity contribution in [3.8, 4) is 5.75 Å². The van der Waals surface area contributed by atoms with Crippen LogP contribution in [0, 0.1) is 0 Å². The molecular formula is C18H28ClNO. The number of piperidine rings is 1. The van der Waals surface area contributed by atoms with Gasteiger partial charge in [0.25, 0.3) is 0 Å². The summed E-state index contributed by atoms with van der Waals surface area (Å²) in [4.78, 5) is 0. The predicted octanol–water partition coefficient (Wildman–Crippen LogP) is 4.46. The topological polar surface area (TPSA) is 21.3 Å². The molecule has 3 heteroatoms. The molecule has 2 unspecified atom stereocenters. The Kier molecular flexibility index (Phi) is 5.56. The van der Waals surface area contributed by atoms with E-state index in [2.05, 4.69) is 30.4 Å². The Morgan fingerprint density at radius 3 is 2.81 bits per heavy atom. The second-order valence-corrected chi connectivity index (χ2v) is 6.45. The largest absolute Gasteiger partial charge is 0.497 e. The standard InChI is InChI=1S/C18H27NO.ClH/c1-3-6-17-16-8-7-15(20-2)13-14(16)9-11-18(17)10-4-5-12-19-18;/h7-8,13,17,19H,3-6,9-12H2,1-2H3;1H. The zero-order valence-corrected chi connectivity index (χ0v) is 14.1. The fraction of sp³-hybridized carbons (Fsp3) is 0.667. The smallest absolute Gasteiger partial charge is 0.119 e. The molecule has 1 aromatic rings. The van der Waals surface area contributed by atoms with Crippen molar-refractivity contribution in [2.45, 2.75) is 63.3 Å². The predicted molar refractivity (Wildman–Crippen MR) is 90.8 cm³/mol. The van der Waals surface area contributed by atoms with E-state index in [9.17, 15) is 0 Å². The second kappa shape index (κ2) is 7.02. The number of methoxy groups -OCH3 is 1. The number of ether oxygens (including phenoxy) is 1. The first-order valence-electron chi connectivity index (χ1n) is 8.21. The monoisotopic (exact) mass is 309 g/mol. The van der Waals surface area contributed by atoms with Crippen molar-refractivity contribution in [1.82, 2.24) is 5.32 Å². The van der Waals surface area contributed by atoms with E-state index in [0.29, 0.717) is 11.5 Å². The summed E-state index contributed by atoms with van der Waals surface area (Å²) >= 11 is 0. The lowest BCUT2D eigenvalue weighted by molar-refractivity contribution is 0.174. The van der Waals surface area contributed by atoms with Gasteiger partial charge in [-0.15, -0.1) is 12.4 Å². The molecule has 0 aromatic heterocycles. The van der Waals surface area contributed by atoms with E-state index < -0.39 is 0 Å². The van der Waals surface area contributed by atoms with Crippen molar-refractivity contribution in [2.75, 3.05) is 13.7 Å². The summed E-state index contributed by atoms with van der Waals surface area (Å²) in [5.74, 6) is 1.69. The first kappa shape index (κ1) is 16.6. The zero-order chi connectivity index (χ0) is 14.0. The highest BCUT2D eigenvalue weighted by Gasteiger charge is 2.42. The van der Waals surface area contributed by atoms with Gasteiger partial charge >= 0.3 is 0 Å². The van der Waals surface area contributed by atoms with Crippen LogP contribution in [0.5, 0.6) is 5.75 Å². The Morgan fingerprint density at radius 1 is 1.29 bits per heavy atom. The Labute approximate surface area is 135 Å². The molecule has 21 heavy (non-hydrogen) atoms. The van der Waals surface area contributed by atoms with Gasteiger partial charge in [-0.3, -0.25) is 0 Å². The average molecular weight is 310 g/mol. The maximum Gasteiger partial charge on any atom is 0.119 e. The molecule has 118 valence electrons. The highest BCUT2D eigenvalue weighted by molar-refractivity contribution is 5.85. The van der Waals surface area contributed by atoms with Gasteiger partial charge in [0.1, 0.15) is 5.75 Å². The van der Waals surface area contributed by atoms with Gasteiger partial charge in [-0.2, -0.15) is 0 Å². The van der Waals surface area contributed by atoms with Crippen molar-refractivity contribution >= 4 is 12.4 Å².